The van der Waals surface area contributed by atoms with E-state index in [2.05, 4.69) is 22.0 Å². The number of nitrogens with zero attached hydrogens (tertiary/aromatic N) is 1. The number of aryl methyl sites for hydroxylation is 1. The first kappa shape index (κ1) is 13.6. The van der Waals surface area contributed by atoms with E-state index >= 15 is 0 Å². The quantitative estimate of drug-likeness (QED) is 0.670. The molecule has 0 unspecified atom stereocenters. The van der Waals surface area contributed by atoms with Gasteiger partial charge in [0.05, 0.1) is 5.56 Å². The topological polar surface area (TPSA) is 65.2 Å². The predicted molar refractivity (Wildman–Crippen MR) is 74.7 cm³/mol. The highest BCUT2D eigenvalue weighted by Crippen LogP contribution is 2.21. The van der Waals surface area contributed by atoms with Crippen LogP contribution in [0.2, 0.25) is 0 Å². The maximum Gasteiger partial charge on any atom is 0.359 e. The van der Waals surface area contributed by atoms with Gasteiger partial charge < -0.3 is 4.84 Å². The molecule has 0 bridgehead atoms. The van der Waals surface area contributed by atoms with E-state index in [4.69, 9.17) is 5.90 Å². The molecule has 0 fully saturated rings. The molecule has 0 aliphatic carbocycles. The van der Waals surface area contributed by atoms with Crippen LogP contribution in [0.1, 0.15) is 15.9 Å². The third kappa shape index (κ3) is 3.81. The van der Waals surface area contributed by atoms with Gasteiger partial charge in [0.1, 0.15) is 5.03 Å². The van der Waals surface area contributed by atoms with Crippen LogP contribution in [0.3, 0.4) is 0 Å². The predicted octanol–water partition coefficient (Wildman–Crippen LogP) is 2.45. The van der Waals surface area contributed by atoms with Crippen LogP contribution >= 0.6 is 11.8 Å². The molecule has 1 aromatic carbocycles. The van der Waals surface area contributed by atoms with Crippen molar-refractivity contribution in [2.45, 2.75) is 11.4 Å². The molecule has 0 spiro atoms. The number of rotatable bonds is 5. The molecule has 19 heavy (non-hydrogen) atoms. The Bertz CT molecular complexity index is 546. The van der Waals surface area contributed by atoms with E-state index in [-0.39, 0.29) is 0 Å². The van der Waals surface area contributed by atoms with Crippen LogP contribution < -0.4 is 5.90 Å². The highest BCUT2D eigenvalue weighted by atomic mass is 32.2. The molecule has 0 atom stereocenters. The van der Waals surface area contributed by atoms with Crippen molar-refractivity contribution in [3.05, 3.63) is 59.8 Å². The van der Waals surface area contributed by atoms with Gasteiger partial charge in [-0.25, -0.2) is 9.78 Å². The highest BCUT2D eigenvalue weighted by Gasteiger charge is 2.13. The smallest absolute Gasteiger partial charge is 0.359 e. The minimum absolute atomic E-state index is 0.406. The van der Waals surface area contributed by atoms with Crippen LogP contribution in [0.25, 0.3) is 0 Å². The largest absolute Gasteiger partial charge is 0.370 e. The zero-order chi connectivity index (χ0) is 13.5. The monoisotopic (exact) mass is 274 g/mol. The fraction of sp³-hybridized carbons (Fsp3) is 0.143. The van der Waals surface area contributed by atoms with Crippen molar-refractivity contribution in [2.75, 3.05) is 5.75 Å². The van der Waals surface area contributed by atoms with Crippen LogP contribution in [0, 0.1) is 0 Å². The maximum absolute atomic E-state index is 11.5. The van der Waals surface area contributed by atoms with Crippen LogP contribution in [-0.4, -0.2) is 16.7 Å². The molecule has 2 N–H and O–H groups in total. The van der Waals surface area contributed by atoms with Crippen molar-refractivity contribution in [1.82, 2.24) is 4.98 Å². The second kappa shape index (κ2) is 6.92. The average Bonchev–Trinajstić information content (AvgIpc) is 2.48. The molecule has 4 nitrogen and oxygen atoms in total. The molecule has 2 rings (SSSR count). The Morgan fingerprint density at radius 3 is 2.74 bits per heavy atom. The van der Waals surface area contributed by atoms with E-state index < -0.39 is 5.97 Å². The summed E-state index contributed by atoms with van der Waals surface area (Å²) in [5.74, 6) is 5.19. The minimum Gasteiger partial charge on any atom is -0.370 e. The molecule has 0 aliphatic rings. The van der Waals surface area contributed by atoms with Gasteiger partial charge in [0.2, 0.25) is 0 Å². The number of thioether (sulfide) groups is 1. The third-order valence-corrected chi connectivity index (χ3v) is 3.58. The number of pyridine rings is 1. The summed E-state index contributed by atoms with van der Waals surface area (Å²) in [5, 5.41) is 0.647. The zero-order valence-electron chi connectivity index (χ0n) is 10.3. The molecule has 0 radical (unpaired) electrons. The summed E-state index contributed by atoms with van der Waals surface area (Å²) in [6.45, 7) is 0. The minimum atomic E-state index is -0.560. The Kier molecular flexibility index (Phi) is 4.94. The number of nitrogens with two attached hydrogens (primary N) is 1. The van der Waals surface area contributed by atoms with Gasteiger partial charge in [-0.2, -0.15) is 5.90 Å². The van der Waals surface area contributed by atoms with Crippen molar-refractivity contribution in [3.63, 3.8) is 0 Å². The van der Waals surface area contributed by atoms with E-state index in [1.807, 2.05) is 18.2 Å². The van der Waals surface area contributed by atoms with Crippen LogP contribution in [0.5, 0.6) is 0 Å². The molecule has 0 saturated carbocycles. The first-order chi connectivity index (χ1) is 9.31. The summed E-state index contributed by atoms with van der Waals surface area (Å²) in [5.41, 5.74) is 1.66. The normalized spacial score (nSPS) is 10.2. The molecule has 0 aliphatic heterocycles. The van der Waals surface area contributed by atoms with Crippen LogP contribution in [0.15, 0.2) is 53.7 Å². The SMILES string of the molecule is NOC(=O)c1cccnc1SCCc1ccccc1. The van der Waals surface area contributed by atoms with Gasteiger partial charge >= 0.3 is 5.97 Å². The average molecular weight is 274 g/mol. The van der Waals surface area contributed by atoms with Crippen molar-refractivity contribution >= 4 is 17.7 Å². The molecule has 0 amide bonds. The van der Waals surface area contributed by atoms with Crippen molar-refractivity contribution < 1.29 is 9.63 Å². The molecule has 1 aromatic heterocycles. The number of benzene rings is 1. The third-order valence-electron chi connectivity index (χ3n) is 2.57. The van der Waals surface area contributed by atoms with Gasteiger partial charge in [-0.3, -0.25) is 0 Å². The lowest BCUT2D eigenvalue weighted by Gasteiger charge is -2.05. The Morgan fingerprint density at radius 2 is 2.00 bits per heavy atom. The Hall–Kier alpha value is -1.85. The summed E-state index contributed by atoms with van der Waals surface area (Å²) < 4.78 is 0. The first-order valence-corrected chi connectivity index (χ1v) is 6.82. The highest BCUT2D eigenvalue weighted by molar-refractivity contribution is 7.99. The molecular formula is C14H14N2O2S. The lowest BCUT2D eigenvalue weighted by atomic mass is 10.2. The Balaban J connectivity index is 1.98. The van der Waals surface area contributed by atoms with Gasteiger partial charge in [-0.05, 0) is 24.1 Å². The summed E-state index contributed by atoms with van der Waals surface area (Å²) in [4.78, 5) is 19.9. The Morgan fingerprint density at radius 1 is 1.21 bits per heavy atom. The second-order valence-corrected chi connectivity index (χ2v) is 4.93. The van der Waals surface area contributed by atoms with Gasteiger partial charge in [0.25, 0.3) is 0 Å². The fourth-order valence-corrected chi connectivity index (χ4v) is 2.61. The molecule has 1 heterocycles. The lowest BCUT2D eigenvalue weighted by Crippen LogP contribution is -2.11. The molecule has 0 saturated heterocycles. The lowest BCUT2D eigenvalue weighted by molar-refractivity contribution is 0.0498. The molecule has 2 aromatic rings. The zero-order valence-corrected chi connectivity index (χ0v) is 11.1. The van der Waals surface area contributed by atoms with Crippen LogP contribution in [-0.2, 0) is 11.3 Å². The van der Waals surface area contributed by atoms with E-state index in [0.717, 1.165) is 12.2 Å². The van der Waals surface area contributed by atoms with Gasteiger partial charge in [0.15, 0.2) is 0 Å². The van der Waals surface area contributed by atoms with Gasteiger partial charge in [-0.1, -0.05) is 30.3 Å². The summed E-state index contributed by atoms with van der Waals surface area (Å²) in [6.07, 6.45) is 2.57. The second-order valence-electron chi connectivity index (χ2n) is 3.85. The van der Waals surface area contributed by atoms with Crippen molar-refractivity contribution in [2.24, 2.45) is 5.90 Å². The summed E-state index contributed by atoms with van der Waals surface area (Å²) >= 11 is 1.52. The van der Waals surface area contributed by atoms with Crippen molar-refractivity contribution in [1.29, 1.82) is 0 Å². The summed E-state index contributed by atoms with van der Waals surface area (Å²) in [7, 11) is 0. The number of aromatic nitrogens is 1. The Labute approximate surface area is 115 Å². The van der Waals surface area contributed by atoms with E-state index in [0.29, 0.717) is 10.6 Å². The molecule has 5 heteroatoms. The molecule has 98 valence electrons. The van der Waals surface area contributed by atoms with E-state index in [1.165, 1.54) is 17.3 Å². The van der Waals surface area contributed by atoms with Crippen LogP contribution in [0.4, 0.5) is 0 Å². The standard InChI is InChI=1S/C14H14N2O2S/c15-18-14(17)12-7-4-9-16-13(12)19-10-8-11-5-2-1-3-6-11/h1-7,9H,8,10,15H2. The number of carbonyl (C=O) groups is 1. The number of hydrogen-bond acceptors (Lipinski definition) is 5. The van der Waals surface area contributed by atoms with Crippen molar-refractivity contribution in [3.8, 4) is 0 Å². The summed E-state index contributed by atoms with van der Waals surface area (Å²) in [6, 6.07) is 13.5. The first-order valence-electron chi connectivity index (χ1n) is 5.84. The maximum atomic E-state index is 11.5. The van der Waals surface area contributed by atoms with Gasteiger partial charge in [-0.15, -0.1) is 11.8 Å². The fourth-order valence-electron chi connectivity index (χ4n) is 1.63. The van der Waals surface area contributed by atoms with Gasteiger partial charge in [0, 0.05) is 11.9 Å². The van der Waals surface area contributed by atoms with E-state index in [9.17, 15) is 4.79 Å². The molecular weight excluding hydrogens is 260 g/mol. The number of hydrogen-bond donors (Lipinski definition) is 1. The van der Waals surface area contributed by atoms with E-state index in [1.54, 1.807) is 18.3 Å². The number of carbonyl (C=O) groups excluding carboxylic acids is 1.